The molecule has 0 bridgehead atoms. The van der Waals surface area contributed by atoms with Crippen LogP contribution in [0.3, 0.4) is 0 Å². The van der Waals surface area contributed by atoms with Crippen LogP contribution in [0.4, 0.5) is 10.2 Å². The molecule has 0 aliphatic rings. The van der Waals surface area contributed by atoms with Gasteiger partial charge in [-0.25, -0.2) is 9.37 Å². The average molecular weight is 231 g/mol. The highest BCUT2D eigenvalue weighted by atomic mass is 35.5. The van der Waals surface area contributed by atoms with Crippen molar-refractivity contribution in [3.05, 3.63) is 23.1 Å². The summed E-state index contributed by atoms with van der Waals surface area (Å²) < 4.78 is 13.5. The summed E-state index contributed by atoms with van der Waals surface area (Å²) >= 11 is 5.65. The molecule has 0 saturated carbocycles. The summed E-state index contributed by atoms with van der Waals surface area (Å²) in [6.07, 6.45) is 3.41. The van der Waals surface area contributed by atoms with Gasteiger partial charge in [0, 0.05) is 19.3 Å². The van der Waals surface area contributed by atoms with E-state index in [0.29, 0.717) is 16.9 Å². The van der Waals surface area contributed by atoms with E-state index in [0.717, 1.165) is 12.8 Å². The Morgan fingerprint density at radius 3 is 2.53 bits per heavy atom. The zero-order valence-electron chi connectivity index (χ0n) is 9.30. The van der Waals surface area contributed by atoms with Crippen molar-refractivity contribution in [1.29, 1.82) is 0 Å². The molecule has 2 nitrogen and oxygen atoms in total. The Labute approximate surface area is 95.1 Å². The van der Waals surface area contributed by atoms with E-state index in [1.54, 1.807) is 0 Å². The van der Waals surface area contributed by atoms with Crippen LogP contribution in [0.2, 0.25) is 5.02 Å². The lowest BCUT2D eigenvalue weighted by Gasteiger charge is -2.27. The minimum Gasteiger partial charge on any atom is -0.354 e. The van der Waals surface area contributed by atoms with E-state index < -0.39 is 0 Å². The lowest BCUT2D eigenvalue weighted by atomic mass is 10.1. The van der Waals surface area contributed by atoms with Crippen molar-refractivity contribution in [1.82, 2.24) is 4.98 Å². The fourth-order valence-corrected chi connectivity index (χ4v) is 1.82. The molecular weight excluding hydrogens is 215 g/mol. The minimum atomic E-state index is -0.364. The van der Waals surface area contributed by atoms with Gasteiger partial charge in [0.05, 0.1) is 5.02 Å². The average Bonchev–Trinajstić information content (AvgIpc) is 2.19. The number of hydrogen-bond donors (Lipinski definition) is 0. The molecule has 0 atom stereocenters. The van der Waals surface area contributed by atoms with Crippen LogP contribution in [0.5, 0.6) is 0 Å². The van der Waals surface area contributed by atoms with E-state index in [2.05, 4.69) is 18.8 Å². The highest BCUT2D eigenvalue weighted by molar-refractivity contribution is 6.30. The monoisotopic (exact) mass is 230 g/mol. The van der Waals surface area contributed by atoms with E-state index in [1.807, 2.05) is 11.9 Å². The zero-order valence-corrected chi connectivity index (χ0v) is 10.1. The van der Waals surface area contributed by atoms with E-state index >= 15 is 0 Å². The Balaban J connectivity index is 2.94. The van der Waals surface area contributed by atoms with Crippen LogP contribution in [0.15, 0.2) is 12.3 Å². The lowest BCUT2D eigenvalue weighted by molar-refractivity contribution is 0.558. The molecule has 0 spiro atoms. The SMILES string of the molecule is CCC(CC)N(C)c1ncc(Cl)cc1F. The first-order valence-corrected chi connectivity index (χ1v) is 5.51. The van der Waals surface area contributed by atoms with Crippen molar-refractivity contribution in [3.8, 4) is 0 Å². The summed E-state index contributed by atoms with van der Waals surface area (Å²) in [4.78, 5) is 5.88. The topological polar surface area (TPSA) is 16.1 Å². The molecule has 0 N–H and O–H groups in total. The second kappa shape index (κ2) is 5.31. The number of anilines is 1. The molecule has 0 saturated heterocycles. The van der Waals surface area contributed by atoms with Crippen molar-refractivity contribution in [2.45, 2.75) is 32.7 Å². The summed E-state index contributed by atoms with van der Waals surface area (Å²) in [5.41, 5.74) is 0. The number of nitrogens with zero attached hydrogens (tertiary/aromatic N) is 2. The third-order valence-corrected chi connectivity index (χ3v) is 2.82. The molecule has 1 aromatic heterocycles. The van der Waals surface area contributed by atoms with Gasteiger partial charge in [-0.2, -0.15) is 0 Å². The number of aromatic nitrogens is 1. The maximum atomic E-state index is 13.5. The van der Waals surface area contributed by atoms with Gasteiger partial charge in [0.25, 0.3) is 0 Å². The van der Waals surface area contributed by atoms with Gasteiger partial charge in [-0.05, 0) is 18.9 Å². The largest absolute Gasteiger partial charge is 0.354 e. The van der Waals surface area contributed by atoms with Crippen LogP contribution in [0.1, 0.15) is 26.7 Å². The van der Waals surface area contributed by atoms with Crippen molar-refractivity contribution >= 4 is 17.4 Å². The molecule has 0 aliphatic carbocycles. The van der Waals surface area contributed by atoms with E-state index in [4.69, 9.17) is 11.6 Å². The highest BCUT2D eigenvalue weighted by Crippen LogP contribution is 2.21. The molecular formula is C11H16ClFN2. The first kappa shape index (κ1) is 12.2. The van der Waals surface area contributed by atoms with Crippen LogP contribution in [0.25, 0.3) is 0 Å². The summed E-state index contributed by atoms with van der Waals surface area (Å²) in [5.74, 6) is 0.00463. The first-order valence-electron chi connectivity index (χ1n) is 5.14. The van der Waals surface area contributed by atoms with Gasteiger partial charge in [-0.3, -0.25) is 0 Å². The molecule has 0 amide bonds. The fourth-order valence-electron chi connectivity index (χ4n) is 1.68. The Hall–Kier alpha value is -0.830. The maximum Gasteiger partial charge on any atom is 0.167 e. The predicted molar refractivity (Wildman–Crippen MR) is 62.0 cm³/mol. The molecule has 0 unspecified atom stereocenters. The Kier molecular flexibility index (Phi) is 4.33. The number of pyridine rings is 1. The molecule has 84 valence electrons. The molecule has 1 aromatic rings. The first-order chi connectivity index (χ1) is 7.10. The molecule has 4 heteroatoms. The van der Waals surface area contributed by atoms with E-state index in [9.17, 15) is 4.39 Å². The fraction of sp³-hybridized carbons (Fsp3) is 0.545. The molecule has 0 radical (unpaired) electrons. The summed E-state index contributed by atoms with van der Waals surface area (Å²) in [6, 6.07) is 1.61. The smallest absolute Gasteiger partial charge is 0.167 e. The van der Waals surface area contributed by atoms with Gasteiger partial charge >= 0.3 is 0 Å². The van der Waals surface area contributed by atoms with Gasteiger partial charge in [0.2, 0.25) is 0 Å². The summed E-state index contributed by atoms with van der Waals surface area (Å²) in [6.45, 7) is 4.16. The molecule has 15 heavy (non-hydrogen) atoms. The van der Waals surface area contributed by atoms with E-state index in [-0.39, 0.29) is 5.82 Å². The van der Waals surface area contributed by atoms with Crippen molar-refractivity contribution in [2.24, 2.45) is 0 Å². The van der Waals surface area contributed by atoms with Gasteiger partial charge in [-0.15, -0.1) is 0 Å². The maximum absolute atomic E-state index is 13.5. The van der Waals surface area contributed by atoms with Gasteiger partial charge in [0.15, 0.2) is 11.6 Å². The van der Waals surface area contributed by atoms with Crippen LogP contribution in [-0.4, -0.2) is 18.1 Å². The summed E-state index contributed by atoms with van der Waals surface area (Å²) in [5, 5.41) is 0.328. The Morgan fingerprint density at radius 1 is 1.47 bits per heavy atom. The third-order valence-electron chi connectivity index (χ3n) is 2.61. The van der Waals surface area contributed by atoms with Crippen molar-refractivity contribution < 1.29 is 4.39 Å². The molecule has 0 fully saturated rings. The van der Waals surface area contributed by atoms with Gasteiger partial charge < -0.3 is 4.90 Å². The number of rotatable bonds is 4. The molecule has 0 aromatic carbocycles. The van der Waals surface area contributed by atoms with Crippen molar-refractivity contribution in [2.75, 3.05) is 11.9 Å². The normalized spacial score (nSPS) is 10.8. The Bertz CT molecular complexity index is 326. The predicted octanol–water partition coefficient (Wildman–Crippen LogP) is 3.50. The second-order valence-electron chi connectivity index (χ2n) is 3.54. The van der Waals surface area contributed by atoms with Gasteiger partial charge in [-0.1, -0.05) is 25.4 Å². The lowest BCUT2D eigenvalue weighted by Crippen LogP contribution is -2.31. The molecule has 1 heterocycles. The van der Waals surface area contributed by atoms with Crippen LogP contribution >= 0.6 is 11.6 Å². The highest BCUT2D eigenvalue weighted by Gasteiger charge is 2.16. The Morgan fingerprint density at radius 2 is 2.07 bits per heavy atom. The molecule has 1 rings (SSSR count). The quantitative estimate of drug-likeness (QED) is 0.787. The summed E-state index contributed by atoms with van der Waals surface area (Å²) in [7, 11) is 1.86. The van der Waals surface area contributed by atoms with Crippen LogP contribution in [0, 0.1) is 5.82 Å². The van der Waals surface area contributed by atoms with Gasteiger partial charge in [0.1, 0.15) is 0 Å². The zero-order chi connectivity index (χ0) is 11.4. The van der Waals surface area contributed by atoms with Crippen molar-refractivity contribution in [3.63, 3.8) is 0 Å². The standard InChI is InChI=1S/C11H16ClFN2/c1-4-9(5-2)15(3)11-10(13)6-8(12)7-14-11/h6-7,9H,4-5H2,1-3H3. The van der Waals surface area contributed by atoms with E-state index in [1.165, 1.54) is 12.3 Å². The van der Waals surface area contributed by atoms with Crippen LogP contribution < -0.4 is 4.90 Å². The van der Waals surface area contributed by atoms with Crippen LogP contribution in [-0.2, 0) is 0 Å². The molecule has 0 aliphatic heterocycles. The minimum absolute atomic E-state index is 0.313. The second-order valence-corrected chi connectivity index (χ2v) is 3.98. The third kappa shape index (κ3) is 2.81. The number of hydrogen-bond acceptors (Lipinski definition) is 2. The number of halogens is 2.